The monoisotopic (exact) mass is 330 g/mol. The zero-order valence-corrected chi connectivity index (χ0v) is 13.7. The molecule has 0 aliphatic carbocycles. The van der Waals surface area contributed by atoms with Crippen molar-refractivity contribution in [3.05, 3.63) is 18.2 Å². The van der Waals surface area contributed by atoms with E-state index in [-0.39, 0.29) is 24.8 Å². The Bertz CT molecular complexity index is 616. The Kier molecular flexibility index (Phi) is 6.93. The van der Waals surface area contributed by atoms with Crippen LogP contribution >= 0.6 is 0 Å². The van der Waals surface area contributed by atoms with Crippen LogP contribution in [0.1, 0.15) is 6.92 Å². The van der Waals surface area contributed by atoms with Crippen molar-refractivity contribution in [3.8, 4) is 11.5 Å². The summed E-state index contributed by atoms with van der Waals surface area (Å²) in [7, 11) is -0.110. The first-order chi connectivity index (χ1) is 10.4. The van der Waals surface area contributed by atoms with Gasteiger partial charge in [-0.25, -0.2) is 13.1 Å². The predicted octanol–water partition coefficient (Wildman–Crippen LogP) is 0.370. The summed E-state index contributed by atoms with van der Waals surface area (Å²) in [6.45, 7) is 2.01. The average molecular weight is 330 g/mol. The minimum absolute atomic E-state index is 0.0378. The fourth-order valence-electron chi connectivity index (χ4n) is 1.58. The first-order valence-electron chi connectivity index (χ1n) is 6.68. The number of nitrogens with zero attached hydrogens (tertiary/aromatic N) is 1. The van der Waals surface area contributed by atoms with E-state index in [0.29, 0.717) is 17.2 Å². The van der Waals surface area contributed by atoms with Crippen molar-refractivity contribution in [1.29, 1.82) is 0 Å². The van der Waals surface area contributed by atoms with Crippen molar-refractivity contribution in [1.82, 2.24) is 4.72 Å². The molecule has 0 radical (unpaired) electrons. The molecule has 0 amide bonds. The smallest absolute Gasteiger partial charge is 0.211 e. The van der Waals surface area contributed by atoms with Gasteiger partial charge in [-0.15, -0.1) is 0 Å². The largest absolute Gasteiger partial charge is 0.493 e. The molecule has 1 aromatic carbocycles. The van der Waals surface area contributed by atoms with E-state index in [0.717, 1.165) is 0 Å². The topological polar surface area (TPSA) is 115 Å². The molecule has 1 rings (SSSR count). The maximum Gasteiger partial charge on any atom is 0.211 e. The van der Waals surface area contributed by atoms with Crippen molar-refractivity contribution < 1.29 is 17.9 Å². The van der Waals surface area contributed by atoms with Gasteiger partial charge in [-0.05, 0) is 19.1 Å². The van der Waals surface area contributed by atoms with Crippen molar-refractivity contribution in [3.63, 3.8) is 0 Å². The molecule has 0 heterocycles. The predicted molar refractivity (Wildman–Crippen MR) is 87.1 cm³/mol. The maximum absolute atomic E-state index is 11.2. The van der Waals surface area contributed by atoms with Gasteiger partial charge < -0.3 is 20.5 Å². The Balaban J connectivity index is 2.57. The minimum atomic E-state index is -3.20. The van der Waals surface area contributed by atoms with Crippen molar-refractivity contribution >= 4 is 21.7 Å². The van der Waals surface area contributed by atoms with E-state index >= 15 is 0 Å². The molecule has 0 saturated heterocycles. The third-order valence-electron chi connectivity index (χ3n) is 2.75. The fraction of sp³-hybridized carbons (Fsp3) is 0.462. The number of hydrogen-bond donors (Lipinski definition) is 3. The number of rotatable bonds is 8. The summed E-state index contributed by atoms with van der Waals surface area (Å²) in [5.41, 5.74) is 6.43. The molecule has 1 aromatic rings. The van der Waals surface area contributed by atoms with Gasteiger partial charge >= 0.3 is 0 Å². The van der Waals surface area contributed by atoms with Crippen molar-refractivity contribution in [2.24, 2.45) is 10.7 Å². The number of nitrogens with one attached hydrogen (secondary N) is 2. The number of hydrogen-bond acceptors (Lipinski definition) is 5. The van der Waals surface area contributed by atoms with Gasteiger partial charge in [0.1, 0.15) is 0 Å². The van der Waals surface area contributed by atoms with E-state index in [1.165, 1.54) is 0 Å². The first-order valence-corrected chi connectivity index (χ1v) is 8.33. The van der Waals surface area contributed by atoms with E-state index in [1.54, 1.807) is 39.3 Å². The van der Waals surface area contributed by atoms with E-state index in [2.05, 4.69) is 15.0 Å². The van der Waals surface area contributed by atoms with Crippen molar-refractivity contribution in [2.45, 2.75) is 6.92 Å². The molecule has 0 aliphatic rings. The summed E-state index contributed by atoms with van der Waals surface area (Å²) >= 11 is 0. The lowest BCUT2D eigenvalue weighted by molar-refractivity contribution is 0.355. The van der Waals surface area contributed by atoms with E-state index in [4.69, 9.17) is 15.2 Å². The van der Waals surface area contributed by atoms with Gasteiger partial charge in [-0.3, -0.25) is 4.99 Å². The molecule has 0 aromatic heterocycles. The lowest BCUT2D eigenvalue weighted by atomic mass is 10.3. The van der Waals surface area contributed by atoms with Crippen LogP contribution < -0.4 is 25.2 Å². The Morgan fingerprint density at radius 2 is 1.95 bits per heavy atom. The molecule has 9 heteroatoms. The molecule has 0 saturated carbocycles. The Morgan fingerprint density at radius 1 is 1.27 bits per heavy atom. The van der Waals surface area contributed by atoms with Crippen LogP contribution in [0.15, 0.2) is 23.2 Å². The summed E-state index contributed by atoms with van der Waals surface area (Å²) in [5, 5.41) is 2.89. The fourth-order valence-corrected chi connectivity index (χ4v) is 2.19. The zero-order valence-electron chi connectivity index (χ0n) is 12.9. The van der Waals surface area contributed by atoms with Crippen LogP contribution in [0.4, 0.5) is 5.69 Å². The number of benzene rings is 1. The van der Waals surface area contributed by atoms with Gasteiger partial charge in [0.2, 0.25) is 10.0 Å². The molecule has 0 spiro atoms. The van der Waals surface area contributed by atoms with Gasteiger partial charge in [-0.2, -0.15) is 0 Å². The number of guanidine groups is 1. The van der Waals surface area contributed by atoms with E-state index in [9.17, 15) is 8.42 Å². The molecule has 22 heavy (non-hydrogen) atoms. The van der Waals surface area contributed by atoms with Gasteiger partial charge in [-0.1, -0.05) is 0 Å². The van der Waals surface area contributed by atoms with Crippen LogP contribution in [-0.4, -0.2) is 47.4 Å². The second-order valence-corrected chi connectivity index (χ2v) is 6.36. The highest BCUT2D eigenvalue weighted by atomic mass is 32.2. The summed E-state index contributed by atoms with van der Waals surface area (Å²) < 4.78 is 35.2. The first kappa shape index (κ1) is 18.1. The van der Waals surface area contributed by atoms with Gasteiger partial charge in [0, 0.05) is 18.3 Å². The summed E-state index contributed by atoms with van der Waals surface area (Å²) in [6.07, 6.45) is 0. The van der Waals surface area contributed by atoms with Crippen LogP contribution in [0.3, 0.4) is 0 Å². The molecule has 0 bridgehead atoms. The molecule has 0 atom stereocenters. The normalized spacial score (nSPS) is 12.0. The number of ether oxygens (including phenoxy) is 2. The van der Waals surface area contributed by atoms with Crippen LogP contribution in [0.5, 0.6) is 11.5 Å². The second kappa shape index (κ2) is 8.44. The zero-order chi connectivity index (χ0) is 16.6. The molecule has 4 N–H and O–H groups in total. The Morgan fingerprint density at radius 3 is 2.55 bits per heavy atom. The highest BCUT2D eigenvalue weighted by molar-refractivity contribution is 7.89. The third kappa shape index (κ3) is 5.78. The summed E-state index contributed by atoms with van der Waals surface area (Å²) in [4.78, 5) is 4.04. The average Bonchev–Trinajstić information content (AvgIpc) is 2.51. The second-order valence-electron chi connectivity index (χ2n) is 4.26. The highest BCUT2D eigenvalue weighted by Gasteiger charge is 2.06. The molecule has 124 valence electrons. The van der Waals surface area contributed by atoms with Crippen molar-refractivity contribution in [2.75, 3.05) is 38.4 Å². The van der Waals surface area contributed by atoms with Crippen LogP contribution in [-0.2, 0) is 10.0 Å². The van der Waals surface area contributed by atoms with Crippen LogP contribution in [0.2, 0.25) is 0 Å². The highest BCUT2D eigenvalue weighted by Crippen LogP contribution is 2.29. The van der Waals surface area contributed by atoms with E-state index < -0.39 is 10.0 Å². The number of anilines is 1. The van der Waals surface area contributed by atoms with Gasteiger partial charge in [0.05, 0.1) is 26.5 Å². The quantitative estimate of drug-likeness (QED) is 0.360. The molecule has 0 aliphatic heterocycles. The molecular weight excluding hydrogens is 308 g/mol. The SMILES string of the molecule is CCS(=O)(=O)NCCN=C(N)Nc1ccc(OC)c(OC)c1. The van der Waals surface area contributed by atoms with Gasteiger partial charge in [0.15, 0.2) is 17.5 Å². The number of methoxy groups -OCH3 is 2. The number of sulfonamides is 1. The van der Waals surface area contributed by atoms with Crippen LogP contribution in [0, 0.1) is 0 Å². The Labute approximate surface area is 130 Å². The molecule has 0 unspecified atom stereocenters. The van der Waals surface area contributed by atoms with Crippen LogP contribution in [0.25, 0.3) is 0 Å². The number of nitrogens with two attached hydrogens (primary N) is 1. The maximum atomic E-state index is 11.2. The lowest BCUT2D eigenvalue weighted by Gasteiger charge is -2.11. The van der Waals surface area contributed by atoms with E-state index in [1.807, 2.05) is 0 Å². The standard InChI is InChI=1S/C13H22N4O4S/c1-4-22(18,19)16-8-7-15-13(14)17-10-5-6-11(20-2)12(9-10)21-3/h5-6,9,16H,4,7-8H2,1-3H3,(H3,14,15,17). The minimum Gasteiger partial charge on any atom is -0.493 e. The third-order valence-corrected chi connectivity index (χ3v) is 4.16. The summed E-state index contributed by atoms with van der Waals surface area (Å²) in [5.74, 6) is 1.40. The molecular formula is C13H22N4O4S. The molecule has 8 nitrogen and oxygen atoms in total. The van der Waals surface area contributed by atoms with Gasteiger partial charge in [0.25, 0.3) is 0 Å². The molecule has 0 fully saturated rings. The number of aliphatic imine (C=N–C) groups is 1. The Hall–Kier alpha value is -2.00. The lowest BCUT2D eigenvalue weighted by Crippen LogP contribution is -2.29. The summed E-state index contributed by atoms with van der Waals surface area (Å²) in [6, 6.07) is 5.23.